The predicted molar refractivity (Wildman–Crippen MR) is 80.7 cm³/mol. The van der Waals surface area contributed by atoms with Gasteiger partial charge in [-0.25, -0.2) is 4.39 Å². The predicted octanol–water partition coefficient (Wildman–Crippen LogP) is 3.26. The maximum absolute atomic E-state index is 13.5. The first-order valence-electron chi connectivity index (χ1n) is 6.67. The van der Waals surface area contributed by atoms with Crippen molar-refractivity contribution in [3.63, 3.8) is 0 Å². The van der Waals surface area contributed by atoms with E-state index in [0.29, 0.717) is 19.5 Å². The van der Waals surface area contributed by atoms with E-state index in [1.165, 1.54) is 12.1 Å². The van der Waals surface area contributed by atoms with Gasteiger partial charge in [-0.3, -0.25) is 4.79 Å². The zero-order valence-corrected chi connectivity index (χ0v) is 12.0. The normalized spacial score (nSPS) is 13.9. The summed E-state index contributed by atoms with van der Waals surface area (Å²) >= 11 is 5.89. The van der Waals surface area contributed by atoms with Gasteiger partial charge in [0.05, 0.1) is 10.6 Å². The molecule has 3 rings (SSSR count). The Morgan fingerprint density at radius 1 is 1.24 bits per heavy atom. The molecular formula is C16H14ClFN2O. The van der Waals surface area contributed by atoms with E-state index < -0.39 is 5.82 Å². The Balaban J connectivity index is 1.89. The molecule has 108 valence electrons. The summed E-state index contributed by atoms with van der Waals surface area (Å²) < 4.78 is 13.5. The number of hydrogen-bond acceptors (Lipinski definition) is 2. The summed E-state index contributed by atoms with van der Waals surface area (Å²) in [7, 11) is 0. The van der Waals surface area contributed by atoms with Crippen LogP contribution in [-0.4, -0.2) is 17.4 Å². The average Bonchev–Trinajstić information content (AvgIpc) is 2.49. The quantitative estimate of drug-likeness (QED) is 0.822. The third-order valence-electron chi connectivity index (χ3n) is 3.77. The van der Waals surface area contributed by atoms with Gasteiger partial charge < -0.3 is 10.6 Å². The second-order valence-corrected chi connectivity index (χ2v) is 5.44. The largest absolute Gasteiger partial charge is 0.398 e. The Bertz CT molecular complexity index is 717. The lowest BCUT2D eigenvalue weighted by Crippen LogP contribution is -2.36. The minimum atomic E-state index is -0.579. The topological polar surface area (TPSA) is 46.3 Å². The first kappa shape index (κ1) is 13.9. The number of carbonyl (C=O) groups is 1. The summed E-state index contributed by atoms with van der Waals surface area (Å²) in [6, 6.07) is 9.97. The molecule has 2 N–H and O–H groups in total. The molecule has 3 nitrogen and oxygen atoms in total. The molecule has 0 spiro atoms. The number of nitrogens with two attached hydrogens (primary N) is 1. The Hall–Kier alpha value is -2.07. The Kier molecular flexibility index (Phi) is 3.55. The van der Waals surface area contributed by atoms with Gasteiger partial charge in [-0.1, -0.05) is 29.8 Å². The number of rotatable bonds is 1. The molecule has 1 amide bonds. The van der Waals surface area contributed by atoms with Gasteiger partial charge in [-0.05, 0) is 35.7 Å². The van der Waals surface area contributed by atoms with Crippen LogP contribution in [0.5, 0.6) is 0 Å². The molecule has 1 aliphatic rings. The Labute approximate surface area is 127 Å². The Morgan fingerprint density at radius 2 is 2.00 bits per heavy atom. The van der Waals surface area contributed by atoms with Crippen LogP contribution in [0.15, 0.2) is 36.4 Å². The second-order valence-electron chi connectivity index (χ2n) is 5.06. The van der Waals surface area contributed by atoms with Crippen molar-refractivity contribution in [2.45, 2.75) is 13.0 Å². The van der Waals surface area contributed by atoms with Crippen LogP contribution in [0.1, 0.15) is 21.5 Å². The molecule has 0 radical (unpaired) electrons. The van der Waals surface area contributed by atoms with Gasteiger partial charge in [0.25, 0.3) is 5.91 Å². The first-order valence-corrected chi connectivity index (χ1v) is 7.05. The molecule has 0 fully saturated rings. The highest BCUT2D eigenvalue weighted by atomic mass is 35.5. The van der Waals surface area contributed by atoms with E-state index >= 15 is 0 Å². The average molecular weight is 305 g/mol. The van der Waals surface area contributed by atoms with Crippen molar-refractivity contribution in [1.29, 1.82) is 0 Å². The lowest BCUT2D eigenvalue weighted by molar-refractivity contribution is 0.0734. The summed E-state index contributed by atoms with van der Waals surface area (Å²) in [5, 5.41) is -0.124. The van der Waals surface area contributed by atoms with Crippen LogP contribution in [0.25, 0.3) is 0 Å². The lowest BCUT2D eigenvalue weighted by Gasteiger charge is -2.30. The van der Waals surface area contributed by atoms with Crippen LogP contribution in [0, 0.1) is 5.82 Å². The van der Waals surface area contributed by atoms with Gasteiger partial charge in [-0.2, -0.15) is 0 Å². The van der Waals surface area contributed by atoms with Gasteiger partial charge in [0, 0.05) is 18.8 Å². The van der Waals surface area contributed by atoms with E-state index in [1.807, 2.05) is 18.2 Å². The maximum Gasteiger partial charge on any atom is 0.255 e. The third-order valence-corrected chi connectivity index (χ3v) is 4.16. The molecule has 2 aromatic carbocycles. The zero-order valence-electron chi connectivity index (χ0n) is 11.3. The molecule has 1 aliphatic heterocycles. The molecule has 0 saturated carbocycles. The molecule has 0 saturated heterocycles. The fourth-order valence-corrected chi connectivity index (χ4v) is 2.86. The number of fused-ring (bicyclic) bond motifs is 1. The smallest absolute Gasteiger partial charge is 0.255 e. The number of benzene rings is 2. The van der Waals surface area contributed by atoms with Crippen molar-refractivity contribution < 1.29 is 9.18 Å². The molecular weight excluding hydrogens is 291 g/mol. The summed E-state index contributed by atoms with van der Waals surface area (Å²) in [6.45, 7) is 1.01. The maximum atomic E-state index is 13.5. The van der Waals surface area contributed by atoms with E-state index in [2.05, 4.69) is 0 Å². The van der Waals surface area contributed by atoms with Crippen LogP contribution in [0.4, 0.5) is 10.1 Å². The number of nitrogens with zero attached hydrogens (tertiary/aromatic N) is 1. The van der Waals surface area contributed by atoms with Crippen molar-refractivity contribution in [3.8, 4) is 0 Å². The number of anilines is 1. The minimum absolute atomic E-state index is 0.124. The van der Waals surface area contributed by atoms with Crippen molar-refractivity contribution in [2.24, 2.45) is 0 Å². The lowest BCUT2D eigenvalue weighted by atomic mass is 9.97. The van der Waals surface area contributed by atoms with Crippen LogP contribution < -0.4 is 5.73 Å². The molecule has 21 heavy (non-hydrogen) atoms. The number of carbonyl (C=O) groups excluding carboxylic acids is 1. The minimum Gasteiger partial charge on any atom is -0.398 e. The summed E-state index contributed by atoms with van der Waals surface area (Å²) in [6.07, 6.45) is 0.695. The first-order chi connectivity index (χ1) is 10.1. The van der Waals surface area contributed by atoms with Crippen LogP contribution >= 0.6 is 11.6 Å². The highest BCUT2D eigenvalue weighted by Crippen LogP contribution is 2.27. The molecule has 0 bridgehead atoms. The van der Waals surface area contributed by atoms with Crippen LogP contribution in [0.3, 0.4) is 0 Å². The SMILES string of the molecule is Nc1cccc2c1CCN(C(=O)c1cccc(F)c1Cl)C2. The number of halogens is 2. The highest BCUT2D eigenvalue weighted by Gasteiger charge is 2.24. The van der Waals surface area contributed by atoms with E-state index in [4.69, 9.17) is 17.3 Å². The number of amides is 1. The second kappa shape index (κ2) is 5.37. The van der Waals surface area contributed by atoms with Crippen molar-refractivity contribution in [2.75, 3.05) is 12.3 Å². The highest BCUT2D eigenvalue weighted by molar-refractivity contribution is 6.34. The van der Waals surface area contributed by atoms with E-state index in [1.54, 1.807) is 11.0 Å². The van der Waals surface area contributed by atoms with Crippen molar-refractivity contribution in [3.05, 3.63) is 63.9 Å². The molecule has 1 heterocycles. The number of nitrogen functional groups attached to an aromatic ring is 1. The van der Waals surface area contributed by atoms with Gasteiger partial charge >= 0.3 is 0 Å². The molecule has 0 unspecified atom stereocenters. The standard InChI is InChI=1S/C16H14ClFN2O/c17-15-12(4-2-5-13(15)18)16(21)20-8-7-11-10(9-20)3-1-6-14(11)19/h1-6H,7-9,19H2. The molecule has 0 aromatic heterocycles. The van der Waals surface area contributed by atoms with E-state index in [0.717, 1.165) is 16.8 Å². The summed E-state index contributed by atoms with van der Waals surface area (Å²) in [5.74, 6) is -0.836. The van der Waals surface area contributed by atoms with Crippen molar-refractivity contribution in [1.82, 2.24) is 4.90 Å². The van der Waals surface area contributed by atoms with Gasteiger partial charge in [0.2, 0.25) is 0 Å². The van der Waals surface area contributed by atoms with Crippen LogP contribution in [0.2, 0.25) is 5.02 Å². The summed E-state index contributed by atoms with van der Waals surface area (Å²) in [4.78, 5) is 14.2. The fourth-order valence-electron chi connectivity index (χ4n) is 2.65. The summed E-state index contributed by atoms with van der Waals surface area (Å²) in [5.41, 5.74) is 9.01. The van der Waals surface area contributed by atoms with Gasteiger partial charge in [0.1, 0.15) is 5.82 Å². The molecule has 0 atom stereocenters. The monoisotopic (exact) mass is 304 g/mol. The van der Waals surface area contributed by atoms with E-state index in [9.17, 15) is 9.18 Å². The molecule has 5 heteroatoms. The Morgan fingerprint density at radius 3 is 2.81 bits per heavy atom. The van der Waals surface area contributed by atoms with E-state index in [-0.39, 0.29) is 16.5 Å². The zero-order chi connectivity index (χ0) is 15.0. The molecule has 0 aliphatic carbocycles. The van der Waals surface area contributed by atoms with Crippen LogP contribution in [-0.2, 0) is 13.0 Å². The molecule has 2 aromatic rings. The van der Waals surface area contributed by atoms with Gasteiger partial charge in [-0.15, -0.1) is 0 Å². The van der Waals surface area contributed by atoms with Gasteiger partial charge in [0.15, 0.2) is 0 Å². The number of hydrogen-bond donors (Lipinski definition) is 1. The fraction of sp³-hybridized carbons (Fsp3) is 0.188. The third kappa shape index (κ3) is 2.47. The van der Waals surface area contributed by atoms with Crippen molar-refractivity contribution >= 4 is 23.2 Å².